The quantitative estimate of drug-likeness (QED) is 0.911. The van der Waals surface area contributed by atoms with Gasteiger partial charge in [0.2, 0.25) is 0 Å². The van der Waals surface area contributed by atoms with Gasteiger partial charge in [-0.1, -0.05) is 12.1 Å². The Labute approximate surface area is 151 Å². The van der Waals surface area contributed by atoms with E-state index >= 15 is 0 Å². The Balaban J connectivity index is 1.61. The van der Waals surface area contributed by atoms with Crippen molar-refractivity contribution in [3.8, 4) is 0 Å². The van der Waals surface area contributed by atoms with Crippen molar-refractivity contribution in [1.82, 2.24) is 15.1 Å². The molecule has 2 aliphatic heterocycles. The van der Waals surface area contributed by atoms with Gasteiger partial charge in [0, 0.05) is 50.4 Å². The van der Waals surface area contributed by atoms with E-state index in [1.165, 1.54) is 5.56 Å². The topological polar surface area (TPSA) is 44.8 Å². The number of ether oxygens (including phenoxy) is 1. The summed E-state index contributed by atoms with van der Waals surface area (Å²) < 4.78 is 5.79. The molecule has 0 unspecified atom stereocenters. The van der Waals surface area contributed by atoms with Gasteiger partial charge in [-0.3, -0.25) is 9.69 Å². The first-order valence-corrected chi connectivity index (χ1v) is 9.42. The predicted molar refractivity (Wildman–Crippen MR) is 99.7 cm³/mol. The van der Waals surface area contributed by atoms with E-state index < -0.39 is 0 Å². The van der Waals surface area contributed by atoms with Crippen molar-refractivity contribution in [2.75, 3.05) is 26.2 Å². The average Bonchev–Trinajstić information content (AvgIpc) is 2.53. The first-order valence-electron chi connectivity index (χ1n) is 9.42. The molecule has 1 aromatic rings. The number of carbonyl (C=O) groups is 1. The Hall–Kier alpha value is -1.43. The molecule has 0 bridgehead atoms. The van der Waals surface area contributed by atoms with Crippen molar-refractivity contribution in [3.05, 3.63) is 35.4 Å². The Bertz CT molecular complexity index is 569. The summed E-state index contributed by atoms with van der Waals surface area (Å²) in [4.78, 5) is 17.1. The van der Waals surface area contributed by atoms with Crippen molar-refractivity contribution in [2.45, 2.75) is 58.5 Å². The summed E-state index contributed by atoms with van der Waals surface area (Å²) in [5.41, 5.74) is 2.04. The molecule has 5 nitrogen and oxygen atoms in total. The Kier molecular flexibility index (Phi) is 5.77. The molecule has 2 heterocycles. The molecular weight excluding hydrogens is 314 g/mol. The van der Waals surface area contributed by atoms with Gasteiger partial charge in [0.05, 0.1) is 12.2 Å². The molecule has 3 rings (SSSR count). The van der Waals surface area contributed by atoms with Gasteiger partial charge in [-0.15, -0.1) is 0 Å². The van der Waals surface area contributed by atoms with Crippen molar-refractivity contribution in [3.63, 3.8) is 0 Å². The van der Waals surface area contributed by atoms with E-state index in [1.54, 1.807) is 0 Å². The lowest BCUT2D eigenvalue weighted by Crippen LogP contribution is -2.55. The minimum absolute atomic E-state index is 0.139. The maximum atomic E-state index is 12.7. The highest BCUT2D eigenvalue weighted by Gasteiger charge is 2.26. The van der Waals surface area contributed by atoms with Crippen LogP contribution in [0.1, 0.15) is 43.6 Å². The van der Waals surface area contributed by atoms with Gasteiger partial charge in [0.25, 0.3) is 5.91 Å². The number of hydrogen-bond acceptors (Lipinski definition) is 4. The standard InChI is InChI=1S/C20H31N3O2/c1-14-9-23(10-15(2)21-14)20(24)19-7-5-18(6-8-19)13-22-11-16(3)25-17(4)12-22/h5-8,14-17,21H,9-13H2,1-4H3/t14-,15+,16-,17+. The van der Waals surface area contributed by atoms with E-state index in [9.17, 15) is 4.79 Å². The Morgan fingerprint density at radius 3 is 2.12 bits per heavy atom. The van der Waals surface area contributed by atoms with Crippen molar-refractivity contribution < 1.29 is 9.53 Å². The third-order valence-electron chi connectivity index (χ3n) is 4.95. The van der Waals surface area contributed by atoms with Crippen LogP contribution in [0.25, 0.3) is 0 Å². The molecule has 5 heteroatoms. The highest BCUT2D eigenvalue weighted by Crippen LogP contribution is 2.16. The fourth-order valence-corrected chi connectivity index (χ4v) is 4.10. The largest absolute Gasteiger partial charge is 0.373 e. The molecule has 4 atom stereocenters. The van der Waals surface area contributed by atoms with Gasteiger partial charge in [-0.05, 0) is 45.4 Å². The fourth-order valence-electron chi connectivity index (χ4n) is 4.10. The maximum Gasteiger partial charge on any atom is 0.253 e. The third kappa shape index (κ3) is 4.81. The van der Waals surface area contributed by atoms with Gasteiger partial charge in [-0.2, -0.15) is 0 Å². The lowest BCUT2D eigenvalue weighted by Gasteiger charge is -2.36. The zero-order valence-corrected chi connectivity index (χ0v) is 15.9. The van der Waals surface area contributed by atoms with Crippen LogP contribution in [0, 0.1) is 0 Å². The number of morpholine rings is 1. The van der Waals surface area contributed by atoms with Crippen LogP contribution in [0.4, 0.5) is 0 Å². The van der Waals surface area contributed by atoms with Crippen LogP contribution in [0.3, 0.4) is 0 Å². The van der Waals surface area contributed by atoms with Crippen LogP contribution in [0.2, 0.25) is 0 Å². The normalized spacial score (nSPS) is 31.1. The molecule has 2 aliphatic rings. The van der Waals surface area contributed by atoms with E-state index in [1.807, 2.05) is 17.0 Å². The summed E-state index contributed by atoms with van der Waals surface area (Å²) >= 11 is 0. The molecule has 2 saturated heterocycles. The van der Waals surface area contributed by atoms with Crippen molar-refractivity contribution in [2.24, 2.45) is 0 Å². The number of nitrogens with zero attached hydrogens (tertiary/aromatic N) is 2. The second-order valence-electron chi connectivity index (χ2n) is 7.83. The summed E-state index contributed by atoms with van der Waals surface area (Å²) in [6.07, 6.45) is 0.558. The molecule has 0 aliphatic carbocycles. The summed E-state index contributed by atoms with van der Waals surface area (Å²) in [5.74, 6) is 0.139. The third-order valence-corrected chi connectivity index (χ3v) is 4.95. The smallest absolute Gasteiger partial charge is 0.253 e. The monoisotopic (exact) mass is 345 g/mol. The molecule has 0 radical (unpaired) electrons. The summed E-state index contributed by atoms with van der Waals surface area (Å²) in [5, 5.41) is 3.47. The average molecular weight is 345 g/mol. The second kappa shape index (κ2) is 7.85. The maximum absolute atomic E-state index is 12.7. The SMILES string of the molecule is C[C@@H]1CN(C(=O)c2ccc(CN3C[C@@H](C)O[C@@H](C)C3)cc2)C[C@H](C)N1. The molecule has 138 valence electrons. The van der Waals surface area contributed by atoms with Crippen LogP contribution in [-0.4, -0.2) is 66.2 Å². The highest BCUT2D eigenvalue weighted by molar-refractivity contribution is 5.94. The minimum atomic E-state index is 0.139. The van der Waals surface area contributed by atoms with Crippen LogP contribution < -0.4 is 5.32 Å². The second-order valence-corrected chi connectivity index (χ2v) is 7.83. The van der Waals surface area contributed by atoms with Gasteiger partial charge < -0.3 is 15.0 Å². The van der Waals surface area contributed by atoms with Gasteiger partial charge in [0.15, 0.2) is 0 Å². The minimum Gasteiger partial charge on any atom is -0.373 e. The zero-order valence-electron chi connectivity index (χ0n) is 15.9. The fraction of sp³-hybridized carbons (Fsp3) is 0.650. The van der Waals surface area contributed by atoms with E-state index in [0.29, 0.717) is 12.1 Å². The number of rotatable bonds is 3. The number of amides is 1. The van der Waals surface area contributed by atoms with E-state index in [2.05, 4.69) is 50.0 Å². The lowest BCUT2D eigenvalue weighted by molar-refractivity contribution is -0.0704. The van der Waals surface area contributed by atoms with Crippen LogP contribution in [-0.2, 0) is 11.3 Å². The van der Waals surface area contributed by atoms with Gasteiger partial charge in [-0.25, -0.2) is 0 Å². The van der Waals surface area contributed by atoms with Crippen LogP contribution in [0.15, 0.2) is 24.3 Å². The molecule has 1 aromatic carbocycles. The molecule has 0 spiro atoms. The molecule has 2 fully saturated rings. The first-order chi connectivity index (χ1) is 11.9. The summed E-state index contributed by atoms with van der Waals surface area (Å²) in [6, 6.07) is 8.82. The van der Waals surface area contributed by atoms with Crippen molar-refractivity contribution in [1.29, 1.82) is 0 Å². The lowest BCUT2D eigenvalue weighted by atomic mass is 10.1. The number of nitrogens with one attached hydrogen (secondary N) is 1. The summed E-state index contributed by atoms with van der Waals surface area (Å²) in [6.45, 7) is 12.9. The van der Waals surface area contributed by atoms with Crippen LogP contribution in [0.5, 0.6) is 0 Å². The molecule has 25 heavy (non-hydrogen) atoms. The number of piperazine rings is 1. The van der Waals surface area contributed by atoms with Gasteiger partial charge in [0.1, 0.15) is 0 Å². The van der Waals surface area contributed by atoms with E-state index in [4.69, 9.17) is 4.74 Å². The molecule has 0 saturated carbocycles. The van der Waals surface area contributed by atoms with Gasteiger partial charge >= 0.3 is 0 Å². The van der Waals surface area contributed by atoms with Crippen LogP contribution >= 0.6 is 0 Å². The Morgan fingerprint density at radius 2 is 1.56 bits per heavy atom. The highest BCUT2D eigenvalue weighted by atomic mass is 16.5. The number of benzene rings is 1. The molecule has 1 N–H and O–H groups in total. The predicted octanol–water partition coefficient (Wildman–Crippen LogP) is 2.12. The first kappa shape index (κ1) is 18.4. The Morgan fingerprint density at radius 1 is 1.00 bits per heavy atom. The number of carbonyl (C=O) groups excluding carboxylic acids is 1. The number of hydrogen-bond donors (Lipinski definition) is 1. The van der Waals surface area contributed by atoms with E-state index in [0.717, 1.165) is 38.3 Å². The molecule has 0 aromatic heterocycles. The summed E-state index contributed by atoms with van der Waals surface area (Å²) in [7, 11) is 0. The molecular formula is C20H31N3O2. The van der Waals surface area contributed by atoms with Crippen molar-refractivity contribution >= 4 is 5.91 Å². The zero-order chi connectivity index (χ0) is 18.0. The van der Waals surface area contributed by atoms with E-state index in [-0.39, 0.29) is 18.1 Å². The molecule has 1 amide bonds.